The molecule has 2 rings (SSSR count). The van der Waals surface area contributed by atoms with Gasteiger partial charge in [-0.05, 0) is 19.8 Å². The van der Waals surface area contributed by atoms with Crippen LogP contribution in [0.2, 0.25) is 0 Å². The third-order valence-corrected chi connectivity index (χ3v) is 3.24. The molecule has 1 heterocycles. The number of nitrogen functional groups attached to an aromatic ring is 1. The lowest BCUT2D eigenvalue weighted by Crippen LogP contribution is -2.34. The van der Waals surface area contributed by atoms with Crippen molar-refractivity contribution in [2.24, 2.45) is 5.84 Å². The number of likely N-dealkylation sites (N-methyl/N-ethyl adjacent to an activating group) is 2. The fraction of sp³-hybridized carbons (Fsp3) is 0.583. The summed E-state index contributed by atoms with van der Waals surface area (Å²) in [5, 5.41) is 2.60. The summed E-state index contributed by atoms with van der Waals surface area (Å²) in [5.41, 5.74) is 3.45. The number of nitrogens with two attached hydrogens (primary N) is 1. The van der Waals surface area contributed by atoms with Crippen LogP contribution >= 0.6 is 0 Å². The quantitative estimate of drug-likeness (QED) is 0.517. The van der Waals surface area contributed by atoms with E-state index >= 15 is 0 Å². The Kier molecular flexibility index (Phi) is 3.84. The predicted octanol–water partition coefficient (Wildman–Crippen LogP) is 0.130. The summed E-state index contributed by atoms with van der Waals surface area (Å²) in [6, 6.07) is 0. The number of hydrazine groups is 1. The lowest BCUT2D eigenvalue weighted by atomic mass is 10.2. The molecule has 1 fully saturated rings. The lowest BCUT2D eigenvalue weighted by Gasteiger charge is -2.21. The van der Waals surface area contributed by atoms with Crippen LogP contribution < -0.4 is 21.5 Å². The van der Waals surface area contributed by atoms with Crippen molar-refractivity contribution in [2.75, 3.05) is 31.0 Å². The topological polar surface area (TPSA) is 96.2 Å². The summed E-state index contributed by atoms with van der Waals surface area (Å²) in [6.45, 7) is 2.14. The summed E-state index contributed by atoms with van der Waals surface area (Å²) >= 11 is 0. The van der Waals surface area contributed by atoms with E-state index in [-0.39, 0.29) is 12.5 Å². The normalized spacial score (nSPS) is 14.1. The Bertz CT molecular complexity index is 485. The molecule has 0 saturated heterocycles. The molecule has 0 atom stereocenters. The van der Waals surface area contributed by atoms with E-state index in [1.165, 1.54) is 0 Å². The fourth-order valence-corrected chi connectivity index (χ4v) is 1.93. The molecule has 0 bridgehead atoms. The van der Waals surface area contributed by atoms with Gasteiger partial charge >= 0.3 is 0 Å². The number of nitrogens with zero attached hydrogens (tertiary/aromatic N) is 3. The second kappa shape index (κ2) is 5.40. The number of anilines is 2. The summed E-state index contributed by atoms with van der Waals surface area (Å²) in [6.07, 6.45) is 2.23. The van der Waals surface area contributed by atoms with Gasteiger partial charge in [-0.25, -0.2) is 15.8 Å². The maximum Gasteiger partial charge on any atom is 0.239 e. The van der Waals surface area contributed by atoms with E-state index in [2.05, 4.69) is 20.7 Å². The number of amides is 1. The Hall–Kier alpha value is -1.89. The van der Waals surface area contributed by atoms with Crippen LogP contribution in [0.1, 0.15) is 30.1 Å². The molecule has 7 nitrogen and oxygen atoms in total. The monoisotopic (exact) mass is 264 g/mol. The van der Waals surface area contributed by atoms with Gasteiger partial charge in [-0.1, -0.05) is 0 Å². The maximum absolute atomic E-state index is 11.5. The standard InChI is InChI=1S/C12H20N6O/c1-7-10(17-13)15-11(8-4-5-8)16-12(7)18(3)6-9(19)14-2/h8H,4-6,13H2,1-3H3,(H,14,19)(H,15,16,17). The Morgan fingerprint density at radius 3 is 2.68 bits per heavy atom. The van der Waals surface area contributed by atoms with Gasteiger partial charge in [-0.15, -0.1) is 0 Å². The highest BCUT2D eigenvalue weighted by Crippen LogP contribution is 2.39. The fourth-order valence-electron chi connectivity index (χ4n) is 1.93. The van der Waals surface area contributed by atoms with Gasteiger partial charge in [0.05, 0.1) is 6.54 Å². The van der Waals surface area contributed by atoms with Crippen molar-refractivity contribution >= 4 is 17.5 Å². The molecule has 0 radical (unpaired) electrons. The average molecular weight is 264 g/mol. The zero-order valence-corrected chi connectivity index (χ0v) is 11.5. The average Bonchev–Trinajstić information content (AvgIpc) is 3.23. The van der Waals surface area contributed by atoms with Gasteiger partial charge in [0.2, 0.25) is 5.91 Å². The zero-order chi connectivity index (χ0) is 14.0. The molecule has 0 aromatic carbocycles. The number of hydrogen-bond acceptors (Lipinski definition) is 6. The number of hydrogen-bond donors (Lipinski definition) is 3. The van der Waals surface area contributed by atoms with Gasteiger partial charge < -0.3 is 15.6 Å². The molecule has 1 aromatic rings. The van der Waals surface area contributed by atoms with E-state index < -0.39 is 0 Å². The molecule has 0 unspecified atom stereocenters. The predicted molar refractivity (Wildman–Crippen MR) is 73.9 cm³/mol. The Balaban J connectivity index is 2.31. The summed E-state index contributed by atoms with van der Waals surface area (Å²) < 4.78 is 0. The zero-order valence-electron chi connectivity index (χ0n) is 11.5. The molecule has 19 heavy (non-hydrogen) atoms. The Labute approximate surface area is 112 Å². The second-order valence-corrected chi connectivity index (χ2v) is 4.83. The van der Waals surface area contributed by atoms with E-state index in [0.29, 0.717) is 11.7 Å². The van der Waals surface area contributed by atoms with Crippen LogP contribution in [0, 0.1) is 6.92 Å². The molecule has 4 N–H and O–H groups in total. The van der Waals surface area contributed by atoms with Crippen LogP contribution in [0.4, 0.5) is 11.6 Å². The van der Waals surface area contributed by atoms with E-state index in [1.807, 2.05) is 18.9 Å². The summed E-state index contributed by atoms with van der Waals surface area (Å²) in [5.74, 6) is 8.04. The number of carbonyl (C=O) groups excluding carboxylic acids is 1. The van der Waals surface area contributed by atoms with Crippen LogP contribution in [0.25, 0.3) is 0 Å². The number of aromatic nitrogens is 2. The van der Waals surface area contributed by atoms with Crippen molar-refractivity contribution in [3.8, 4) is 0 Å². The van der Waals surface area contributed by atoms with E-state index in [9.17, 15) is 4.79 Å². The smallest absolute Gasteiger partial charge is 0.239 e. The molecular weight excluding hydrogens is 244 g/mol. The van der Waals surface area contributed by atoms with Crippen molar-refractivity contribution < 1.29 is 4.79 Å². The van der Waals surface area contributed by atoms with Gasteiger partial charge in [0.25, 0.3) is 0 Å². The van der Waals surface area contributed by atoms with Crippen LogP contribution in [-0.4, -0.2) is 36.5 Å². The Morgan fingerprint density at radius 2 is 2.16 bits per heavy atom. The first-order valence-corrected chi connectivity index (χ1v) is 6.33. The highest BCUT2D eigenvalue weighted by Gasteiger charge is 2.28. The van der Waals surface area contributed by atoms with Gasteiger partial charge in [0.15, 0.2) is 0 Å². The van der Waals surface area contributed by atoms with E-state index in [1.54, 1.807) is 7.05 Å². The van der Waals surface area contributed by atoms with Crippen molar-refractivity contribution in [3.63, 3.8) is 0 Å². The first kappa shape index (κ1) is 13.5. The number of rotatable bonds is 5. The number of nitrogens with one attached hydrogen (secondary N) is 2. The van der Waals surface area contributed by atoms with Crippen molar-refractivity contribution in [1.82, 2.24) is 15.3 Å². The largest absolute Gasteiger partial charge is 0.358 e. The molecule has 1 amide bonds. The summed E-state index contributed by atoms with van der Waals surface area (Å²) in [4.78, 5) is 22.3. The van der Waals surface area contributed by atoms with Crippen LogP contribution in [0.5, 0.6) is 0 Å². The van der Waals surface area contributed by atoms with Crippen LogP contribution in [-0.2, 0) is 4.79 Å². The van der Waals surface area contributed by atoms with Gasteiger partial charge in [0.1, 0.15) is 17.5 Å². The first-order valence-electron chi connectivity index (χ1n) is 6.33. The van der Waals surface area contributed by atoms with Gasteiger partial charge in [-0.3, -0.25) is 4.79 Å². The highest BCUT2D eigenvalue weighted by atomic mass is 16.1. The molecular formula is C12H20N6O. The molecule has 7 heteroatoms. The maximum atomic E-state index is 11.5. The highest BCUT2D eigenvalue weighted by molar-refractivity contribution is 5.81. The lowest BCUT2D eigenvalue weighted by molar-refractivity contribution is -0.119. The van der Waals surface area contributed by atoms with Gasteiger partial charge in [-0.2, -0.15) is 0 Å². The molecule has 1 aromatic heterocycles. The van der Waals surface area contributed by atoms with Crippen LogP contribution in [0.3, 0.4) is 0 Å². The molecule has 1 aliphatic rings. The minimum atomic E-state index is -0.0595. The molecule has 0 aliphatic heterocycles. The molecule has 0 spiro atoms. The third-order valence-electron chi connectivity index (χ3n) is 3.24. The SMILES string of the molecule is CNC(=O)CN(C)c1nc(C2CC2)nc(NN)c1C. The van der Waals surface area contributed by atoms with Crippen molar-refractivity contribution in [3.05, 3.63) is 11.4 Å². The number of carbonyl (C=O) groups is 1. The minimum absolute atomic E-state index is 0.0595. The Morgan fingerprint density at radius 1 is 1.47 bits per heavy atom. The van der Waals surface area contributed by atoms with Crippen molar-refractivity contribution in [2.45, 2.75) is 25.7 Å². The van der Waals surface area contributed by atoms with Crippen LogP contribution in [0.15, 0.2) is 0 Å². The molecule has 104 valence electrons. The van der Waals surface area contributed by atoms with E-state index in [4.69, 9.17) is 5.84 Å². The van der Waals surface area contributed by atoms with Gasteiger partial charge in [0, 0.05) is 25.6 Å². The summed E-state index contributed by atoms with van der Waals surface area (Å²) in [7, 11) is 3.45. The molecule has 1 aliphatic carbocycles. The van der Waals surface area contributed by atoms with Crippen molar-refractivity contribution in [1.29, 1.82) is 0 Å². The minimum Gasteiger partial charge on any atom is -0.358 e. The first-order chi connectivity index (χ1) is 9.06. The third kappa shape index (κ3) is 2.93. The van der Waals surface area contributed by atoms with E-state index in [0.717, 1.165) is 30.0 Å². The molecule has 1 saturated carbocycles. The second-order valence-electron chi connectivity index (χ2n) is 4.83.